The van der Waals surface area contributed by atoms with E-state index in [1.807, 2.05) is 0 Å². The highest BCUT2D eigenvalue weighted by atomic mass is 15.1. The van der Waals surface area contributed by atoms with Crippen LogP contribution in [0.4, 0.5) is 5.69 Å². The summed E-state index contributed by atoms with van der Waals surface area (Å²) in [7, 11) is 4.15. The van der Waals surface area contributed by atoms with E-state index in [-0.39, 0.29) is 0 Å². The lowest BCUT2D eigenvalue weighted by atomic mass is 10.1. The third kappa shape index (κ3) is 1.51. The zero-order valence-electron chi connectivity index (χ0n) is 11.6. The van der Waals surface area contributed by atoms with E-state index in [0.717, 1.165) is 0 Å². The van der Waals surface area contributed by atoms with Gasteiger partial charge in [0.2, 0.25) is 0 Å². The fourth-order valence-corrected chi connectivity index (χ4v) is 2.91. The second kappa shape index (κ2) is 4.01. The van der Waals surface area contributed by atoms with E-state index in [0.29, 0.717) is 0 Å². The molecule has 1 heterocycles. The van der Waals surface area contributed by atoms with Crippen LogP contribution >= 0.6 is 0 Å². The molecule has 2 heteroatoms. The zero-order valence-corrected chi connectivity index (χ0v) is 11.6. The minimum atomic E-state index is 1.20. The Balaban J connectivity index is 2.16. The summed E-state index contributed by atoms with van der Waals surface area (Å²) >= 11 is 0. The van der Waals surface area contributed by atoms with E-state index in [2.05, 4.69) is 78.6 Å². The number of anilines is 1. The third-order valence-corrected chi connectivity index (χ3v) is 4.00. The van der Waals surface area contributed by atoms with Gasteiger partial charge in [-0.1, -0.05) is 36.4 Å². The molecule has 0 fully saturated rings. The van der Waals surface area contributed by atoms with Crippen LogP contribution in [0.15, 0.2) is 54.6 Å². The van der Waals surface area contributed by atoms with Gasteiger partial charge in [0.1, 0.15) is 0 Å². The van der Waals surface area contributed by atoms with E-state index in [4.69, 9.17) is 0 Å². The Morgan fingerprint density at radius 1 is 0.800 bits per heavy atom. The summed E-state index contributed by atoms with van der Waals surface area (Å²) in [5.41, 5.74) is 3.66. The summed E-state index contributed by atoms with van der Waals surface area (Å²) in [6.45, 7) is 0. The summed E-state index contributed by atoms with van der Waals surface area (Å²) in [5, 5.41) is 5.14. The van der Waals surface area contributed by atoms with Gasteiger partial charge in [0.05, 0.1) is 5.52 Å². The van der Waals surface area contributed by atoms with Crippen LogP contribution in [0.1, 0.15) is 0 Å². The van der Waals surface area contributed by atoms with Gasteiger partial charge in [0.25, 0.3) is 0 Å². The largest absolute Gasteiger partial charge is 0.378 e. The van der Waals surface area contributed by atoms with Crippen molar-refractivity contribution in [2.75, 3.05) is 19.0 Å². The zero-order chi connectivity index (χ0) is 13.7. The van der Waals surface area contributed by atoms with Crippen LogP contribution in [0.2, 0.25) is 0 Å². The Morgan fingerprint density at radius 3 is 2.50 bits per heavy atom. The number of nitrogens with zero attached hydrogens (tertiary/aromatic N) is 1. The molecule has 0 bridgehead atoms. The van der Waals surface area contributed by atoms with Crippen molar-refractivity contribution in [1.29, 1.82) is 0 Å². The number of nitrogens with one attached hydrogen (secondary N) is 1. The molecule has 0 radical (unpaired) electrons. The van der Waals surface area contributed by atoms with Gasteiger partial charge in [-0.25, -0.2) is 0 Å². The molecule has 1 aromatic heterocycles. The molecule has 3 aromatic carbocycles. The maximum absolute atomic E-state index is 3.57. The average Bonchev–Trinajstić information content (AvgIpc) is 2.85. The second-order valence-electron chi connectivity index (χ2n) is 5.46. The maximum Gasteiger partial charge on any atom is 0.0544 e. The molecule has 0 spiro atoms. The lowest BCUT2D eigenvalue weighted by Gasteiger charge is -2.11. The molecule has 4 aromatic rings. The molecule has 20 heavy (non-hydrogen) atoms. The summed E-state index contributed by atoms with van der Waals surface area (Å²) < 4.78 is 0. The highest BCUT2D eigenvalue weighted by Gasteiger charge is 2.08. The van der Waals surface area contributed by atoms with Crippen LogP contribution in [-0.2, 0) is 0 Å². The second-order valence-corrected chi connectivity index (χ2v) is 5.46. The van der Waals surface area contributed by atoms with E-state index in [9.17, 15) is 0 Å². The van der Waals surface area contributed by atoms with Gasteiger partial charge >= 0.3 is 0 Å². The lowest BCUT2D eigenvalue weighted by molar-refractivity contribution is 1.14. The predicted molar refractivity (Wildman–Crippen MR) is 87.6 cm³/mol. The van der Waals surface area contributed by atoms with Gasteiger partial charge in [0.15, 0.2) is 0 Å². The van der Waals surface area contributed by atoms with Crippen molar-refractivity contribution in [1.82, 2.24) is 4.98 Å². The highest BCUT2D eigenvalue weighted by molar-refractivity contribution is 6.17. The van der Waals surface area contributed by atoms with Gasteiger partial charge < -0.3 is 9.88 Å². The Hall–Kier alpha value is -2.48. The van der Waals surface area contributed by atoms with Crippen LogP contribution in [0.25, 0.3) is 32.6 Å². The molecular formula is C18H16N2. The first-order valence-electron chi connectivity index (χ1n) is 6.84. The molecule has 0 unspecified atom stereocenters. The predicted octanol–water partition coefficient (Wildman–Crippen LogP) is 4.54. The number of aromatic nitrogens is 1. The molecule has 0 amide bonds. The SMILES string of the molecule is CN(C)c1ccc2[nH]c3c4ccccc4ccc3c2c1. The molecule has 4 rings (SSSR count). The minimum Gasteiger partial charge on any atom is -0.378 e. The quantitative estimate of drug-likeness (QED) is 0.532. The standard InChI is InChI=1S/C18H16N2/c1-20(2)13-8-10-17-16(11-13)15-9-7-12-5-3-4-6-14(12)18(15)19-17/h3-11,19H,1-2H3. The van der Waals surface area contributed by atoms with Crippen molar-refractivity contribution in [2.45, 2.75) is 0 Å². The van der Waals surface area contributed by atoms with Gasteiger partial charge in [0, 0.05) is 41.5 Å². The number of aromatic amines is 1. The summed E-state index contributed by atoms with van der Waals surface area (Å²) in [6, 6.07) is 19.5. The van der Waals surface area contributed by atoms with Gasteiger partial charge in [-0.15, -0.1) is 0 Å². The molecule has 0 aliphatic carbocycles. The number of hydrogen-bond donors (Lipinski definition) is 1. The van der Waals surface area contributed by atoms with Crippen LogP contribution < -0.4 is 4.90 Å². The molecule has 98 valence electrons. The van der Waals surface area contributed by atoms with E-state index in [1.165, 1.54) is 38.3 Å². The van der Waals surface area contributed by atoms with E-state index in [1.54, 1.807) is 0 Å². The van der Waals surface area contributed by atoms with Gasteiger partial charge in [-0.3, -0.25) is 0 Å². The number of benzene rings is 3. The van der Waals surface area contributed by atoms with Crippen molar-refractivity contribution >= 4 is 38.3 Å². The summed E-state index contributed by atoms with van der Waals surface area (Å²) in [6.07, 6.45) is 0. The number of fused-ring (bicyclic) bond motifs is 5. The van der Waals surface area contributed by atoms with Crippen molar-refractivity contribution in [2.24, 2.45) is 0 Å². The van der Waals surface area contributed by atoms with Gasteiger partial charge in [-0.2, -0.15) is 0 Å². The number of H-pyrrole nitrogens is 1. The first-order valence-corrected chi connectivity index (χ1v) is 6.84. The molecular weight excluding hydrogens is 244 g/mol. The highest BCUT2D eigenvalue weighted by Crippen LogP contribution is 2.32. The van der Waals surface area contributed by atoms with Crippen molar-refractivity contribution in [3.05, 3.63) is 54.6 Å². The molecule has 2 nitrogen and oxygen atoms in total. The van der Waals surface area contributed by atoms with E-state index >= 15 is 0 Å². The molecule has 0 saturated carbocycles. The first kappa shape index (κ1) is 11.4. The van der Waals surface area contributed by atoms with Gasteiger partial charge in [-0.05, 0) is 23.6 Å². The number of hydrogen-bond acceptors (Lipinski definition) is 1. The van der Waals surface area contributed by atoms with Crippen LogP contribution in [0.5, 0.6) is 0 Å². The maximum atomic E-state index is 3.57. The topological polar surface area (TPSA) is 19.0 Å². The number of rotatable bonds is 1. The Morgan fingerprint density at radius 2 is 1.65 bits per heavy atom. The van der Waals surface area contributed by atoms with Crippen LogP contribution in [-0.4, -0.2) is 19.1 Å². The molecule has 0 aliphatic heterocycles. The summed E-state index contributed by atoms with van der Waals surface area (Å²) in [5.74, 6) is 0. The molecule has 0 atom stereocenters. The molecule has 0 aliphatic rings. The van der Waals surface area contributed by atoms with Crippen LogP contribution in [0.3, 0.4) is 0 Å². The van der Waals surface area contributed by atoms with Crippen LogP contribution in [0, 0.1) is 0 Å². The van der Waals surface area contributed by atoms with Crippen molar-refractivity contribution < 1.29 is 0 Å². The minimum absolute atomic E-state index is 1.20. The smallest absolute Gasteiger partial charge is 0.0544 e. The van der Waals surface area contributed by atoms with Crippen molar-refractivity contribution in [3.8, 4) is 0 Å². The first-order chi connectivity index (χ1) is 9.74. The fourth-order valence-electron chi connectivity index (χ4n) is 2.91. The monoisotopic (exact) mass is 260 g/mol. The third-order valence-electron chi connectivity index (χ3n) is 4.00. The normalized spacial score (nSPS) is 11.5. The molecule has 1 N–H and O–H groups in total. The molecule has 0 saturated heterocycles. The van der Waals surface area contributed by atoms with E-state index < -0.39 is 0 Å². The average molecular weight is 260 g/mol. The fraction of sp³-hybridized carbons (Fsp3) is 0.111. The van der Waals surface area contributed by atoms with Crippen molar-refractivity contribution in [3.63, 3.8) is 0 Å². The Labute approximate surface area is 117 Å². The lowest BCUT2D eigenvalue weighted by Crippen LogP contribution is -2.07. The Kier molecular flexibility index (Phi) is 2.27. The summed E-state index contributed by atoms with van der Waals surface area (Å²) in [4.78, 5) is 5.71. The Bertz CT molecular complexity index is 932.